The van der Waals surface area contributed by atoms with Gasteiger partial charge >= 0.3 is 0 Å². The van der Waals surface area contributed by atoms with Gasteiger partial charge < -0.3 is 15.0 Å². The number of ether oxygens (including phenoxy) is 1. The van der Waals surface area contributed by atoms with Crippen LogP contribution in [0.25, 0.3) is 0 Å². The van der Waals surface area contributed by atoms with E-state index in [1.54, 1.807) is 0 Å². The molecule has 1 aliphatic rings. The summed E-state index contributed by atoms with van der Waals surface area (Å²) in [6, 6.07) is 14.1. The third-order valence-corrected chi connectivity index (χ3v) is 4.85. The van der Waals surface area contributed by atoms with Crippen LogP contribution in [0.3, 0.4) is 0 Å². The molecular weight excluding hydrogens is 312 g/mol. The molecule has 1 aliphatic heterocycles. The average Bonchev–Trinajstić information content (AvgIpc) is 2.64. The number of nitrogens with zero attached hydrogens (tertiary/aromatic N) is 1. The van der Waals surface area contributed by atoms with E-state index >= 15 is 0 Å². The summed E-state index contributed by atoms with van der Waals surface area (Å²) in [7, 11) is 0. The first kappa shape index (κ1) is 17.3. The van der Waals surface area contributed by atoms with Crippen LogP contribution < -0.4 is 15.0 Å². The number of fused-ring (bicyclic) bond motifs is 1. The maximum absolute atomic E-state index is 12.7. The minimum absolute atomic E-state index is 0.0215. The number of para-hydroxylation sites is 1. The monoisotopic (exact) mass is 338 g/mol. The number of amides is 1. The van der Waals surface area contributed by atoms with Gasteiger partial charge in [-0.2, -0.15) is 0 Å². The van der Waals surface area contributed by atoms with Gasteiger partial charge in [0.15, 0.2) is 0 Å². The highest BCUT2D eigenvalue weighted by atomic mass is 16.5. The van der Waals surface area contributed by atoms with Crippen molar-refractivity contribution in [3.63, 3.8) is 0 Å². The zero-order chi connectivity index (χ0) is 17.8. The van der Waals surface area contributed by atoms with E-state index in [2.05, 4.69) is 36.2 Å². The Morgan fingerprint density at radius 3 is 2.68 bits per heavy atom. The minimum atomic E-state index is -0.156. The van der Waals surface area contributed by atoms with Crippen LogP contribution in [-0.2, 0) is 11.2 Å². The Morgan fingerprint density at radius 2 is 1.96 bits per heavy atom. The topological polar surface area (TPSA) is 41.6 Å². The highest BCUT2D eigenvalue weighted by molar-refractivity contribution is 5.94. The van der Waals surface area contributed by atoms with Gasteiger partial charge in [-0.15, -0.1) is 0 Å². The smallest absolute Gasteiger partial charge is 0.231 e. The summed E-state index contributed by atoms with van der Waals surface area (Å²) in [6.07, 6.45) is 0.721. The molecule has 0 aliphatic carbocycles. The summed E-state index contributed by atoms with van der Waals surface area (Å²) in [6.45, 7) is 8.71. The van der Waals surface area contributed by atoms with Crippen LogP contribution in [0.15, 0.2) is 42.5 Å². The van der Waals surface area contributed by atoms with Crippen molar-refractivity contribution in [3.8, 4) is 5.75 Å². The first-order chi connectivity index (χ1) is 12.1. The molecule has 2 aromatic rings. The van der Waals surface area contributed by atoms with E-state index in [9.17, 15) is 4.79 Å². The van der Waals surface area contributed by atoms with Gasteiger partial charge in [0, 0.05) is 24.5 Å². The third kappa shape index (κ3) is 3.78. The van der Waals surface area contributed by atoms with Crippen LogP contribution in [0.1, 0.15) is 25.0 Å². The number of carbonyl (C=O) groups excluding carboxylic acids is 1. The fraction of sp³-hybridized carbons (Fsp3) is 0.381. The SMILES string of the molecule is CCN(CC)c1ccc(NC(=O)C2COc3ccccc3C2)c(C)c1. The molecule has 0 radical (unpaired) electrons. The van der Waals surface area contributed by atoms with E-state index in [4.69, 9.17) is 4.74 Å². The van der Waals surface area contributed by atoms with Gasteiger partial charge in [-0.3, -0.25) is 4.79 Å². The van der Waals surface area contributed by atoms with Gasteiger partial charge in [0.05, 0.1) is 5.92 Å². The second-order valence-corrected chi connectivity index (χ2v) is 6.48. The molecule has 0 fully saturated rings. The number of nitrogens with one attached hydrogen (secondary N) is 1. The van der Waals surface area contributed by atoms with Crippen molar-refractivity contribution < 1.29 is 9.53 Å². The van der Waals surface area contributed by atoms with Crippen molar-refractivity contribution in [3.05, 3.63) is 53.6 Å². The van der Waals surface area contributed by atoms with E-state index < -0.39 is 0 Å². The summed E-state index contributed by atoms with van der Waals surface area (Å²) in [5, 5.41) is 3.08. The van der Waals surface area contributed by atoms with Crippen LogP contribution in [-0.4, -0.2) is 25.6 Å². The number of aryl methyl sites for hydroxylation is 1. The van der Waals surface area contributed by atoms with Crippen molar-refractivity contribution in [1.82, 2.24) is 0 Å². The third-order valence-electron chi connectivity index (χ3n) is 4.85. The molecule has 0 saturated heterocycles. The normalized spacial score (nSPS) is 15.9. The van der Waals surface area contributed by atoms with Crippen LogP contribution in [0, 0.1) is 12.8 Å². The second-order valence-electron chi connectivity index (χ2n) is 6.48. The molecule has 3 rings (SSSR count). The van der Waals surface area contributed by atoms with Crippen LogP contribution >= 0.6 is 0 Å². The average molecular weight is 338 g/mol. The molecular formula is C21H26N2O2. The predicted octanol–water partition coefficient (Wildman–Crippen LogP) is 4.03. The number of rotatable bonds is 5. The molecule has 2 aromatic carbocycles. The summed E-state index contributed by atoms with van der Waals surface area (Å²) in [4.78, 5) is 15.0. The predicted molar refractivity (Wildman–Crippen MR) is 103 cm³/mol. The molecule has 4 nitrogen and oxygen atoms in total. The molecule has 1 amide bonds. The van der Waals surface area contributed by atoms with Crippen molar-refractivity contribution in [2.75, 3.05) is 29.9 Å². The first-order valence-corrected chi connectivity index (χ1v) is 8.99. The van der Waals surface area contributed by atoms with E-state index in [1.807, 2.05) is 37.3 Å². The molecule has 0 aromatic heterocycles. The lowest BCUT2D eigenvalue weighted by Gasteiger charge is -2.25. The van der Waals surface area contributed by atoms with Crippen molar-refractivity contribution in [2.45, 2.75) is 27.2 Å². The largest absolute Gasteiger partial charge is 0.492 e. The molecule has 25 heavy (non-hydrogen) atoms. The quantitative estimate of drug-likeness (QED) is 0.895. The highest BCUT2D eigenvalue weighted by Crippen LogP contribution is 2.28. The fourth-order valence-corrected chi connectivity index (χ4v) is 3.30. The van der Waals surface area contributed by atoms with E-state index in [-0.39, 0.29) is 11.8 Å². The lowest BCUT2D eigenvalue weighted by molar-refractivity contribution is -0.121. The van der Waals surface area contributed by atoms with Crippen molar-refractivity contribution in [2.24, 2.45) is 5.92 Å². The number of carbonyl (C=O) groups is 1. The molecule has 1 atom stereocenters. The lowest BCUT2D eigenvalue weighted by Crippen LogP contribution is -2.32. The van der Waals surface area contributed by atoms with Gasteiger partial charge in [0.2, 0.25) is 5.91 Å². The number of benzene rings is 2. The van der Waals surface area contributed by atoms with E-state index in [0.717, 1.165) is 42.1 Å². The summed E-state index contributed by atoms with van der Waals surface area (Å²) in [5.74, 6) is 0.760. The van der Waals surface area contributed by atoms with Crippen LogP contribution in [0.2, 0.25) is 0 Å². The number of hydrogen-bond donors (Lipinski definition) is 1. The zero-order valence-electron chi connectivity index (χ0n) is 15.2. The van der Waals surface area contributed by atoms with Gasteiger partial charge in [0.25, 0.3) is 0 Å². The Balaban J connectivity index is 1.69. The van der Waals surface area contributed by atoms with E-state index in [0.29, 0.717) is 6.61 Å². The number of hydrogen-bond acceptors (Lipinski definition) is 3. The number of anilines is 2. The van der Waals surface area contributed by atoms with E-state index in [1.165, 1.54) is 5.69 Å². The summed E-state index contributed by atoms with van der Waals surface area (Å²) >= 11 is 0. The van der Waals surface area contributed by atoms with Gasteiger partial charge in [-0.25, -0.2) is 0 Å². The zero-order valence-corrected chi connectivity index (χ0v) is 15.2. The van der Waals surface area contributed by atoms with Gasteiger partial charge in [-0.05, 0) is 62.6 Å². The molecule has 0 bridgehead atoms. The maximum Gasteiger partial charge on any atom is 0.231 e. The Hall–Kier alpha value is -2.49. The molecule has 0 spiro atoms. The van der Waals surface area contributed by atoms with Gasteiger partial charge in [0.1, 0.15) is 12.4 Å². The molecule has 4 heteroatoms. The highest BCUT2D eigenvalue weighted by Gasteiger charge is 2.26. The molecule has 1 heterocycles. The summed E-state index contributed by atoms with van der Waals surface area (Å²) < 4.78 is 5.74. The van der Waals surface area contributed by atoms with Crippen LogP contribution in [0.5, 0.6) is 5.75 Å². The second kappa shape index (κ2) is 7.60. The maximum atomic E-state index is 12.7. The minimum Gasteiger partial charge on any atom is -0.492 e. The lowest BCUT2D eigenvalue weighted by atomic mass is 9.96. The van der Waals surface area contributed by atoms with Crippen molar-refractivity contribution >= 4 is 17.3 Å². The Morgan fingerprint density at radius 1 is 1.20 bits per heavy atom. The van der Waals surface area contributed by atoms with Crippen molar-refractivity contribution in [1.29, 1.82) is 0 Å². The van der Waals surface area contributed by atoms with Crippen LogP contribution in [0.4, 0.5) is 11.4 Å². The summed E-state index contributed by atoms with van der Waals surface area (Å²) in [5.41, 5.74) is 4.24. The standard InChI is InChI=1S/C21H26N2O2/c1-4-23(5-2)18-10-11-19(15(3)12-18)22-21(24)17-13-16-8-6-7-9-20(16)25-14-17/h6-12,17H,4-5,13-14H2,1-3H3,(H,22,24). The molecule has 1 N–H and O–H groups in total. The molecule has 0 saturated carbocycles. The molecule has 1 unspecified atom stereocenters. The van der Waals surface area contributed by atoms with Gasteiger partial charge in [-0.1, -0.05) is 18.2 Å². The Kier molecular flexibility index (Phi) is 5.27. The Labute approximate surface area is 149 Å². The first-order valence-electron chi connectivity index (χ1n) is 8.99. The molecule has 132 valence electrons. The Bertz CT molecular complexity index is 753. The fourth-order valence-electron chi connectivity index (χ4n) is 3.30.